The van der Waals surface area contributed by atoms with Gasteiger partial charge < -0.3 is 15.5 Å². The molecule has 7 heteroatoms. The summed E-state index contributed by atoms with van der Waals surface area (Å²) in [6, 6.07) is 24.3. The lowest BCUT2D eigenvalue weighted by molar-refractivity contribution is 0.0948. The summed E-state index contributed by atoms with van der Waals surface area (Å²) in [6.07, 6.45) is 2.76. The van der Waals surface area contributed by atoms with Gasteiger partial charge in [0.2, 0.25) is 11.8 Å². The van der Waals surface area contributed by atoms with Crippen molar-refractivity contribution in [3.05, 3.63) is 95.4 Å². The van der Waals surface area contributed by atoms with Gasteiger partial charge >= 0.3 is 0 Å². The van der Waals surface area contributed by atoms with Crippen molar-refractivity contribution in [3.63, 3.8) is 0 Å². The van der Waals surface area contributed by atoms with Crippen LogP contribution in [0.2, 0.25) is 0 Å². The molecule has 0 saturated heterocycles. The van der Waals surface area contributed by atoms with Crippen molar-refractivity contribution in [1.29, 1.82) is 5.26 Å². The van der Waals surface area contributed by atoms with Crippen molar-refractivity contribution in [2.24, 2.45) is 11.7 Å². The normalized spacial score (nSPS) is 14.8. The van der Waals surface area contributed by atoms with Gasteiger partial charge in [0, 0.05) is 17.0 Å². The van der Waals surface area contributed by atoms with Gasteiger partial charge in [-0.2, -0.15) is 5.26 Å². The second-order valence-corrected chi connectivity index (χ2v) is 10.2. The Morgan fingerprint density at radius 1 is 1.10 bits per heavy atom. The first-order valence-corrected chi connectivity index (χ1v) is 13.0. The third-order valence-corrected chi connectivity index (χ3v) is 6.56. The van der Waals surface area contributed by atoms with Crippen molar-refractivity contribution in [2.75, 3.05) is 0 Å². The van der Waals surface area contributed by atoms with Crippen molar-refractivity contribution in [2.45, 2.75) is 44.7 Å². The molecule has 1 saturated carbocycles. The molecule has 4 aromatic rings. The van der Waals surface area contributed by atoms with Gasteiger partial charge in [0.15, 0.2) is 0 Å². The fraction of sp³-hybridized carbons (Fsp3) is 0.250. The molecular weight excluding hydrogens is 486 g/mol. The Hall–Kier alpha value is -4.72. The van der Waals surface area contributed by atoms with E-state index in [2.05, 4.69) is 33.4 Å². The minimum absolute atomic E-state index is 0.238. The first kappa shape index (κ1) is 25.9. The number of nitrogens with zero attached hydrogens (tertiary/aromatic N) is 3. The van der Waals surface area contributed by atoms with Gasteiger partial charge in [0.25, 0.3) is 5.91 Å². The van der Waals surface area contributed by atoms with Gasteiger partial charge in [-0.05, 0) is 74.1 Å². The average molecular weight is 516 g/mol. The number of benzene rings is 3. The van der Waals surface area contributed by atoms with E-state index < -0.39 is 5.54 Å². The maximum absolute atomic E-state index is 13.3. The smallest absolute Gasteiger partial charge is 0.252 e. The molecular formula is C32H29N5O2. The predicted molar refractivity (Wildman–Crippen MR) is 149 cm³/mol. The number of carbonyl (C=O) groups excluding carboxylic acids is 1. The zero-order valence-corrected chi connectivity index (χ0v) is 21.9. The molecule has 39 heavy (non-hydrogen) atoms. The molecule has 1 fully saturated rings. The third kappa shape index (κ3) is 6.23. The summed E-state index contributed by atoms with van der Waals surface area (Å²) >= 11 is 0. The van der Waals surface area contributed by atoms with Gasteiger partial charge in [-0.25, -0.2) is 0 Å². The van der Waals surface area contributed by atoms with Crippen LogP contribution in [0.15, 0.2) is 77.2 Å². The van der Waals surface area contributed by atoms with Crippen LogP contribution in [-0.4, -0.2) is 22.1 Å². The Morgan fingerprint density at radius 2 is 1.82 bits per heavy atom. The Labute approximate surface area is 228 Å². The monoisotopic (exact) mass is 515 g/mol. The molecule has 2 atom stereocenters. The van der Waals surface area contributed by atoms with E-state index in [4.69, 9.17) is 10.2 Å². The molecule has 1 aliphatic rings. The predicted octanol–water partition coefficient (Wildman–Crippen LogP) is 5.22. The number of nitrogens with one attached hydrogen (secondary N) is 1. The first-order chi connectivity index (χ1) is 18.8. The van der Waals surface area contributed by atoms with E-state index in [1.54, 1.807) is 24.3 Å². The minimum Gasteiger partial charge on any atom is -0.419 e. The van der Waals surface area contributed by atoms with Crippen LogP contribution in [0.1, 0.15) is 54.1 Å². The van der Waals surface area contributed by atoms with E-state index in [1.807, 2.05) is 62.4 Å². The lowest BCUT2D eigenvalue weighted by atomic mass is 9.94. The number of hydrogen-bond acceptors (Lipinski definition) is 6. The zero-order chi connectivity index (χ0) is 27.4. The molecule has 5 rings (SSSR count). The van der Waals surface area contributed by atoms with E-state index >= 15 is 0 Å². The number of aromatic nitrogens is 2. The first-order valence-electron chi connectivity index (χ1n) is 13.0. The van der Waals surface area contributed by atoms with Crippen LogP contribution >= 0.6 is 0 Å². The maximum Gasteiger partial charge on any atom is 0.252 e. The molecule has 7 nitrogen and oxygen atoms in total. The Balaban J connectivity index is 1.50. The molecule has 0 radical (unpaired) electrons. The highest BCUT2D eigenvalue weighted by atomic mass is 16.4. The fourth-order valence-electron chi connectivity index (χ4n) is 4.32. The molecule has 1 aromatic heterocycles. The van der Waals surface area contributed by atoms with Crippen LogP contribution in [0, 0.1) is 29.1 Å². The van der Waals surface area contributed by atoms with Crippen molar-refractivity contribution >= 4 is 5.91 Å². The molecule has 0 aliphatic heterocycles. The summed E-state index contributed by atoms with van der Waals surface area (Å²) in [4.78, 5) is 13.3. The Bertz CT molecular complexity index is 1600. The van der Waals surface area contributed by atoms with Gasteiger partial charge in [0.1, 0.15) is 0 Å². The number of nitriles is 1. The minimum atomic E-state index is -0.895. The quantitative estimate of drug-likeness (QED) is 0.326. The average Bonchev–Trinajstić information content (AvgIpc) is 3.64. The van der Waals surface area contributed by atoms with Crippen LogP contribution in [0.4, 0.5) is 0 Å². The van der Waals surface area contributed by atoms with Gasteiger partial charge in [-0.3, -0.25) is 4.79 Å². The van der Waals surface area contributed by atoms with Crippen molar-refractivity contribution in [1.82, 2.24) is 15.5 Å². The van der Waals surface area contributed by atoms with Crippen molar-refractivity contribution < 1.29 is 9.21 Å². The van der Waals surface area contributed by atoms with E-state index in [0.717, 1.165) is 18.4 Å². The van der Waals surface area contributed by atoms with Crippen molar-refractivity contribution in [3.8, 4) is 40.5 Å². The molecule has 3 N–H and O–H groups in total. The van der Waals surface area contributed by atoms with Crippen LogP contribution in [0.3, 0.4) is 0 Å². The highest BCUT2D eigenvalue weighted by Gasteiger charge is 2.29. The number of amides is 1. The number of nitrogens with two attached hydrogens (primary N) is 1. The summed E-state index contributed by atoms with van der Waals surface area (Å²) < 4.78 is 6.08. The second-order valence-electron chi connectivity index (χ2n) is 10.2. The summed E-state index contributed by atoms with van der Waals surface area (Å²) in [5.41, 5.74) is 9.58. The summed E-state index contributed by atoms with van der Waals surface area (Å²) in [6.45, 7) is 3.71. The topological polar surface area (TPSA) is 118 Å². The van der Waals surface area contributed by atoms with Gasteiger partial charge in [-0.15, -0.1) is 10.2 Å². The molecule has 1 aliphatic carbocycles. The largest absolute Gasteiger partial charge is 0.419 e. The molecule has 0 bridgehead atoms. The van der Waals surface area contributed by atoms with E-state index in [-0.39, 0.29) is 17.8 Å². The zero-order valence-electron chi connectivity index (χ0n) is 21.9. The number of carbonyl (C=O) groups is 1. The Morgan fingerprint density at radius 3 is 2.56 bits per heavy atom. The lowest BCUT2D eigenvalue weighted by Gasteiger charge is -2.20. The molecule has 194 valence electrons. The van der Waals surface area contributed by atoms with E-state index in [1.165, 1.54) is 0 Å². The van der Waals surface area contributed by atoms with Crippen LogP contribution < -0.4 is 11.1 Å². The highest BCUT2D eigenvalue weighted by molar-refractivity contribution is 5.97. The standard InChI is InChI=1S/C32H29N5O2/c1-21(12-13-22-14-15-22)35-29(38)26-16-25(28-11-7-6-10-24(28)20-33)17-27(18-26)30-36-37-31(39-30)32(2,34)19-23-8-4-3-5-9-23/h3-11,16-18,21-22H,14-15,19,34H2,1-2H3,(H,35,38)/t21-,32-/m1/s1. The lowest BCUT2D eigenvalue weighted by Crippen LogP contribution is -2.35. The van der Waals surface area contributed by atoms with Crippen LogP contribution in [-0.2, 0) is 12.0 Å². The van der Waals surface area contributed by atoms with Crippen LogP contribution in [0.5, 0.6) is 0 Å². The van der Waals surface area contributed by atoms with Gasteiger partial charge in [-0.1, -0.05) is 60.4 Å². The number of hydrogen-bond donors (Lipinski definition) is 2. The molecule has 3 aromatic carbocycles. The molecule has 1 amide bonds. The maximum atomic E-state index is 13.3. The summed E-state index contributed by atoms with van der Waals surface area (Å²) in [5, 5.41) is 21.2. The molecule has 0 unspecified atom stereocenters. The molecule has 1 heterocycles. The Kier molecular flexibility index (Phi) is 7.27. The third-order valence-electron chi connectivity index (χ3n) is 6.56. The van der Waals surface area contributed by atoms with E-state index in [9.17, 15) is 10.1 Å². The molecule has 0 spiro atoms. The fourth-order valence-corrected chi connectivity index (χ4v) is 4.32. The highest BCUT2D eigenvalue weighted by Crippen LogP contribution is 2.32. The van der Waals surface area contributed by atoms with Gasteiger partial charge in [0.05, 0.1) is 23.2 Å². The van der Waals surface area contributed by atoms with Crippen LogP contribution in [0.25, 0.3) is 22.6 Å². The number of rotatable bonds is 7. The van der Waals surface area contributed by atoms with E-state index in [0.29, 0.717) is 46.0 Å². The SMILES string of the molecule is C[C@H](C#CC1CC1)NC(=O)c1cc(-c2nnc([C@](C)(N)Cc3ccccc3)o2)cc(-c2ccccc2C#N)c1. The summed E-state index contributed by atoms with van der Waals surface area (Å²) in [5.74, 6) is 7.00. The summed E-state index contributed by atoms with van der Waals surface area (Å²) in [7, 11) is 0. The second kappa shape index (κ2) is 10.9.